The Morgan fingerprint density at radius 3 is 2.74 bits per heavy atom. The highest BCUT2D eigenvalue weighted by Gasteiger charge is 2.17. The second-order valence-electron chi connectivity index (χ2n) is 3.61. The Labute approximate surface area is 116 Å². The first-order valence-electron chi connectivity index (χ1n) is 5.19. The number of nitrogens with one attached hydrogen (secondary N) is 2. The minimum absolute atomic E-state index is 0.00534. The number of carbonyl (C=O) groups excluding carboxylic acids is 1. The lowest BCUT2D eigenvalue weighted by Crippen LogP contribution is -2.24. The van der Waals surface area contributed by atoms with Crippen molar-refractivity contribution in [3.63, 3.8) is 0 Å². The first-order valence-corrected chi connectivity index (χ1v) is 6.16. The third kappa shape index (κ3) is 2.80. The number of hydrogen-bond acceptors (Lipinski definition) is 4. The van der Waals surface area contributed by atoms with Gasteiger partial charge in [-0.15, -0.1) is 11.6 Å². The molecule has 8 heteroatoms. The number of hydrogen-bond donors (Lipinski definition) is 2. The van der Waals surface area contributed by atoms with Crippen LogP contribution in [0.5, 0.6) is 0 Å². The fourth-order valence-corrected chi connectivity index (χ4v) is 1.75. The second-order valence-corrected chi connectivity index (χ2v) is 4.40. The summed E-state index contributed by atoms with van der Waals surface area (Å²) in [4.78, 5) is 39.2. The van der Waals surface area contributed by atoms with Crippen LogP contribution in [0.15, 0.2) is 27.8 Å². The van der Waals surface area contributed by atoms with Crippen molar-refractivity contribution in [2.45, 2.75) is 5.56 Å². The molecule has 2 aromatic rings. The lowest BCUT2D eigenvalue weighted by Gasteiger charge is -2.09. The standard InChI is InChI=1S/C11H8Cl2N2O4/c12-4-7(13)19-10(17)5-2-1-3-6-8(5)9(16)15-11(18)14-6/h1-3,7H,4H2,(H2,14,15,16,18). The van der Waals surface area contributed by atoms with Crippen molar-refractivity contribution in [2.75, 3.05) is 5.88 Å². The summed E-state index contributed by atoms with van der Waals surface area (Å²) in [6.45, 7) is 0. The highest BCUT2D eigenvalue weighted by atomic mass is 35.5. The molecule has 2 N–H and O–H groups in total. The minimum atomic E-state index is -0.994. The SMILES string of the molecule is O=C(OC(Cl)CCl)c1cccc2[nH]c(=O)[nH]c(=O)c12. The Morgan fingerprint density at radius 1 is 1.32 bits per heavy atom. The number of ether oxygens (including phenoxy) is 1. The van der Waals surface area contributed by atoms with Crippen LogP contribution in [0, 0.1) is 0 Å². The van der Waals surface area contributed by atoms with E-state index in [0.29, 0.717) is 0 Å². The Morgan fingerprint density at radius 2 is 2.05 bits per heavy atom. The van der Waals surface area contributed by atoms with Crippen molar-refractivity contribution < 1.29 is 9.53 Å². The van der Waals surface area contributed by atoms with Gasteiger partial charge >= 0.3 is 11.7 Å². The van der Waals surface area contributed by atoms with Gasteiger partial charge < -0.3 is 9.72 Å². The summed E-state index contributed by atoms with van der Waals surface area (Å²) in [7, 11) is 0. The molecule has 0 radical (unpaired) electrons. The van der Waals surface area contributed by atoms with Gasteiger partial charge in [0.1, 0.15) is 0 Å². The van der Waals surface area contributed by atoms with Crippen LogP contribution >= 0.6 is 23.2 Å². The van der Waals surface area contributed by atoms with Gasteiger partial charge in [-0.2, -0.15) is 0 Å². The molecular weight excluding hydrogens is 295 g/mol. The number of aromatic nitrogens is 2. The molecule has 0 aliphatic rings. The van der Waals surface area contributed by atoms with Crippen LogP contribution in [-0.2, 0) is 4.74 Å². The van der Waals surface area contributed by atoms with E-state index in [-0.39, 0.29) is 22.3 Å². The van der Waals surface area contributed by atoms with Gasteiger partial charge in [-0.05, 0) is 12.1 Å². The largest absolute Gasteiger partial charge is 0.441 e. The summed E-state index contributed by atoms with van der Waals surface area (Å²) in [6.07, 6.45) is 0. The third-order valence-corrected chi connectivity index (χ3v) is 3.02. The quantitative estimate of drug-likeness (QED) is 0.658. The molecule has 0 saturated carbocycles. The Hall–Kier alpha value is -1.79. The second kappa shape index (κ2) is 5.46. The van der Waals surface area contributed by atoms with Crippen molar-refractivity contribution in [2.24, 2.45) is 0 Å². The molecule has 0 amide bonds. The summed E-state index contributed by atoms with van der Waals surface area (Å²) in [5, 5.41) is 0.0329. The van der Waals surface area contributed by atoms with Gasteiger partial charge in [0.2, 0.25) is 0 Å². The van der Waals surface area contributed by atoms with E-state index in [1.807, 2.05) is 4.98 Å². The van der Waals surface area contributed by atoms with Crippen LogP contribution in [0.1, 0.15) is 10.4 Å². The fourth-order valence-electron chi connectivity index (χ4n) is 1.60. The van der Waals surface area contributed by atoms with Crippen molar-refractivity contribution >= 4 is 40.1 Å². The number of rotatable bonds is 3. The molecule has 0 spiro atoms. The molecule has 0 fully saturated rings. The van der Waals surface area contributed by atoms with E-state index in [9.17, 15) is 14.4 Å². The van der Waals surface area contributed by atoms with E-state index < -0.39 is 22.8 Å². The molecule has 1 unspecified atom stereocenters. The lowest BCUT2D eigenvalue weighted by molar-refractivity contribution is 0.0478. The average Bonchev–Trinajstić information content (AvgIpc) is 2.37. The summed E-state index contributed by atoms with van der Waals surface area (Å²) in [6, 6.07) is 4.41. The highest BCUT2D eigenvalue weighted by Crippen LogP contribution is 2.14. The summed E-state index contributed by atoms with van der Waals surface area (Å²) in [5.74, 6) is -0.866. The van der Waals surface area contributed by atoms with E-state index in [1.165, 1.54) is 18.2 Å². The van der Waals surface area contributed by atoms with Crippen molar-refractivity contribution in [3.05, 3.63) is 44.6 Å². The molecule has 1 aromatic heterocycles. The minimum Gasteiger partial charge on any atom is -0.441 e. The van der Waals surface area contributed by atoms with Gasteiger partial charge in [-0.25, -0.2) is 9.59 Å². The van der Waals surface area contributed by atoms with Gasteiger partial charge in [0, 0.05) is 0 Å². The topological polar surface area (TPSA) is 92.0 Å². The molecule has 1 atom stereocenters. The number of fused-ring (bicyclic) bond motifs is 1. The van der Waals surface area contributed by atoms with Crippen LogP contribution in [0.25, 0.3) is 10.9 Å². The lowest BCUT2D eigenvalue weighted by atomic mass is 10.1. The normalized spacial score (nSPS) is 12.3. The van der Waals surface area contributed by atoms with Gasteiger partial charge in [0.25, 0.3) is 5.56 Å². The summed E-state index contributed by atoms with van der Waals surface area (Å²) < 4.78 is 4.83. The van der Waals surface area contributed by atoms with Crippen LogP contribution in [-0.4, -0.2) is 27.4 Å². The van der Waals surface area contributed by atoms with Crippen molar-refractivity contribution in [1.29, 1.82) is 0 Å². The molecule has 0 aliphatic carbocycles. The number of H-pyrrole nitrogens is 2. The molecule has 2 rings (SSSR count). The Bertz CT molecular complexity index is 737. The van der Waals surface area contributed by atoms with Crippen LogP contribution in [0.2, 0.25) is 0 Å². The van der Waals surface area contributed by atoms with E-state index in [4.69, 9.17) is 27.9 Å². The van der Waals surface area contributed by atoms with Gasteiger partial charge in [-0.3, -0.25) is 9.78 Å². The van der Waals surface area contributed by atoms with E-state index in [0.717, 1.165) is 0 Å². The molecule has 0 saturated heterocycles. The maximum atomic E-state index is 11.9. The zero-order valence-electron chi connectivity index (χ0n) is 9.41. The van der Waals surface area contributed by atoms with Gasteiger partial charge in [0.15, 0.2) is 5.56 Å². The molecule has 0 bridgehead atoms. The maximum Gasteiger partial charge on any atom is 0.340 e. The monoisotopic (exact) mass is 302 g/mol. The number of aromatic amines is 2. The number of alkyl halides is 2. The number of carbonyl (C=O) groups is 1. The number of esters is 1. The van der Waals surface area contributed by atoms with Crippen molar-refractivity contribution in [1.82, 2.24) is 9.97 Å². The van der Waals surface area contributed by atoms with E-state index in [1.54, 1.807) is 0 Å². The zero-order valence-corrected chi connectivity index (χ0v) is 10.9. The van der Waals surface area contributed by atoms with Crippen LogP contribution in [0.3, 0.4) is 0 Å². The van der Waals surface area contributed by atoms with Gasteiger partial charge in [-0.1, -0.05) is 17.7 Å². The molecule has 1 aromatic carbocycles. The highest BCUT2D eigenvalue weighted by molar-refractivity contribution is 6.27. The van der Waals surface area contributed by atoms with Gasteiger partial charge in [0.05, 0.1) is 22.3 Å². The Balaban J connectivity index is 2.59. The molecule has 6 nitrogen and oxygen atoms in total. The molecule has 100 valence electrons. The first kappa shape index (κ1) is 13.6. The maximum absolute atomic E-state index is 11.9. The number of halogens is 2. The van der Waals surface area contributed by atoms with E-state index >= 15 is 0 Å². The molecular formula is C11H8Cl2N2O4. The molecule has 0 aliphatic heterocycles. The van der Waals surface area contributed by atoms with Crippen molar-refractivity contribution in [3.8, 4) is 0 Å². The molecule has 19 heavy (non-hydrogen) atoms. The fraction of sp³-hybridized carbons (Fsp3) is 0.182. The van der Waals surface area contributed by atoms with Crippen LogP contribution in [0.4, 0.5) is 0 Å². The smallest absolute Gasteiger partial charge is 0.340 e. The Kier molecular flexibility index (Phi) is 3.92. The number of benzene rings is 1. The first-order chi connectivity index (χ1) is 9.02. The molecule has 1 heterocycles. The van der Waals surface area contributed by atoms with E-state index in [2.05, 4.69) is 4.98 Å². The summed E-state index contributed by atoms with van der Waals surface area (Å²) >= 11 is 11.0. The van der Waals surface area contributed by atoms with Crippen LogP contribution < -0.4 is 11.2 Å². The summed E-state index contributed by atoms with van der Waals surface area (Å²) in [5.41, 5.74) is -2.08. The average molecular weight is 303 g/mol. The third-order valence-electron chi connectivity index (χ3n) is 2.34. The predicted molar refractivity (Wildman–Crippen MR) is 71.0 cm³/mol. The predicted octanol–water partition coefficient (Wildman–Crippen LogP) is 1.18. The zero-order chi connectivity index (χ0) is 14.0.